The van der Waals surface area contributed by atoms with Crippen LogP contribution in [0.5, 0.6) is 0 Å². The van der Waals surface area contributed by atoms with Crippen LogP contribution in [0.25, 0.3) is 0 Å². The van der Waals surface area contributed by atoms with Crippen LogP contribution in [0.3, 0.4) is 0 Å². The van der Waals surface area contributed by atoms with Crippen molar-refractivity contribution in [1.29, 1.82) is 0 Å². The van der Waals surface area contributed by atoms with Crippen LogP contribution in [0.2, 0.25) is 0 Å². The molecule has 0 saturated carbocycles. The van der Waals surface area contributed by atoms with E-state index in [-0.39, 0.29) is 5.41 Å². The molecule has 1 aromatic heterocycles. The van der Waals surface area contributed by atoms with E-state index in [1.807, 2.05) is 11.3 Å². The van der Waals surface area contributed by atoms with Crippen molar-refractivity contribution in [3.05, 3.63) is 58.3 Å². The van der Waals surface area contributed by atoms with E-state index >= 15 is 0 Å². The topological polar surface area (TPSA) is 45.7 Å². The van der Waals surface area contributed by atoms with Gasteiger partial charge in [0.2, 0.25) is 0 Å². The zero-order chi connectivity index (χ0) is 19.0. The average molecular weight is 386 g/mol. The number of hydrogen-bond acceptors (Lipinski definition) is 3. The standard InChI is InChI=1S/C22H31N3OS/c1-3-23-21(24-16-18(2)20-10-7-15-27-20)25-17-22(11-13-26-14-12-22)19-8-5-4-6-9-19/h4-10,15,18H,3,11-14,16-17H2,1-2H3,(H2,23,24,25). The second-order valence-corrected chi connectivity index (χ2v) is 8.23. The highest BCUT2D eigenvalue weighted by Gasteiger charge is 2.34. The molecule has 2 heterocycles. The minimum Gasteiger partial charge on any atom is -0.381 e. The molecular weight excluding hydrogens is 354 g/mol. The Hall–Kier alpha value is -1.85. The van der Waals surface area contributed by atoms with Gasteiger partial charge in [0, 0.05) is 42.5 Å². The summed E-state index contributed by atoms with van der Waals surface area (Å²) in [5.74, 6) is 1.38. The number of thiophene rings is 1. The van der Waals surface area contributed by atoms with Crippen molar-refractivity contribution in [3.8, 4) is 0 Å². The second kappa shape index (κ2) is 9.90. The fourth-order valence-electron chi connectivity index (χ4n) is 3.59. The highest BCUT2D eigenvalue weighted by atomic mass is 32.1. The van der Waals surface area contributed by atoms with Gasteiger partial charge in [-0.3, -0.25) is 4.99 Å². The van der Waals surface area contributed by atoms with Crippen LogP contribution < -0.4 is 10.6 Å². The predicted octanol–water partition coefficient (Wildman–Crippen LogP) is 4.16. The van der Waals surface area contributed by atoms with Gasteiger partial charge in [0.25, 0.3) is 0 Å². The van der Waals surface area contributed by atoms with E-state index in [4.69, 9.17) is 9.73 Å². The zero-order valence-corrected chi connectivity index (χ0v) is 17.2. The van der Waals surface area contributed by atoms with Crippen molar-refractivity contribution in [1.82, 2.24) is 10.6 Å². The Kier molecular flexibility index (Phi) is 7.30. The van der Waals surface area contributed by atoms with Gasteiger partial charge in [0.1, 0.15) is 0 Å². The first-order chi connectivity index (χ1) is 13.2. The molecule has 1 unspecified atom stereocenters. The molecular formula is C22H31N3OS. The number of nitrogens with zero attached hydrogens (tertiary/aromatic N) is 1. The SMILES string of the molecule is CCNC(=NCC1(c2ccccc2)CCOCC1)NCC(C)c1cccs1. The van der Waals surface area contributed by atoms with Gasteiger partial charge in [-0.25, -0.2) is 0 Å². The zero-order valence-electron chi connectivity index (χ0n) is 16.4. The molecule has 2 aromatic rings. The summed E-state index contributed by atoms with van der Waals surface area (Å²) >= 11 is 1.81. The van der Waals surface area contributed by atoms with Gasteiger partial charge in [0.15, 0.2) is 5.96 Å². The van der Waals surface area contributed by atoms with Crippen molar-refractivity contribution in [2.24, 2.45) is 4.99 Å². The van der Waals surface area contributed by atoms with Crippen LogP contribution in [0.15, 0.2) is 52.8 Å². The Bertz CT molecular complexity index is 694. The second-order valence-electron chi connectivity index (χ2n) is 7.25. The van der Waals surface area contributed by atoms with Gasteiger partial charge in [-0.05, 0) is 36.8 Å². The smallest absolute Gasteiger partial charge is 0.191 e. The van der Waals surface area contributed by atoms with Crippen molar-refractivity contribution >= 4 is 17.3 Å². The van der Waals surface area contributed by atoms with Gasteiger partial charge in [0.05, 0.1) is 6.54 Å². The maximum absolute atomic E-state index is 5.64. The van der Waals surface area contributed by atoms with Crippen molar-refractivity contribution in [2.45, 2.75) is 38.0 Å². The summed E-state index contributed by atoms with van der Waals surface area (Å²) in [6.45, 7) is 8.51. The third-order valence-electron chi connectivity index (χ3n) is 5.32. The first-order valence-corrected chi connectivity index (χ1v) is 10.8. The van der Waals surface area contributed by atoms with E-state index in [1.54, 1.807) is 0 Å². The molecule has 0 amide bonds. The maximum atomic E-state index is 5.64. The summed E-state index contributed by atoms with van der Waals surface area (Å²) in [5, 5.41) is 9.07. The number of rotatable bonds is 7. The van der Waals surface area contributed by atoms with Crippen LogP contribution in [-0.4, -0.2) is 38.8 Å². The molecule has 1 aliphatic heterocycles. The molecule has 0 radical (unpaired) electrons. The first kappa shape index (κ1) is 19.9. The molecule has 0 bridgehead atoms. The monoisotopic (exact) mass is 385 g/mol. The fraction of sp³-hybridized carbons (Fsp3) is 0.500. The van der Waals surface area contributed by atoms with Gasteiger partial charge in [-0.2, -0.15) is 0 Å². The summed E-state index contributed by atoms with van der Waals surface area (Å²) in [4.78, 5) is 6.39. The number of benzene rings is 1. The van der Waals surface area contributed by atoms with Gasteiger partial charge < -0.3 is 15.4 Å². The summed E-state index contributed by atoms with van der Waals surface area (Å²) in [6.07, 6.45) is 2.04. The Morgan fingerprint density at radius 3 is 2.59 bits per heavy atom. The van der Waals surface area contributed by atoms with Crippen molar-refractivity contribution < 1.29 is 4.74 Å². The maximum Gasteiger partial charge on any atom is 0.191 e. The van der Waals surface area contributed by atoms with Crippen LogP contribution >= 0.6 is 11.3 Å². The van der Waals surface area contributed by atoms with Crippen LogP contribution in [0.4, 0.5) is 0 Å². The highest BCUT2D eigenvalue weighted by molar-refractivity contribution is 7.10. The molecule has 1 saturated heterocycles. The molecule has 0 aliphatic carbocycles. The van der Waals surface area contributed by atoms with Crippen molar-refractivity contribution in [3.63, 3.8) is 0 Å². The van der Waals surface area contributed by atoms with Gasteiger partial charge >= 0.3 is 0 Å². The highest BCUT2D eigenvalue weighted by Crippen LogP contribution is 2.35. The Morgan fingerprint density at radius 1 is 1.15 bits per heavy atom. The molecule has 1 aromatic carbocycles. The summed E-state index contributed by atoms with van der Waals surface area (Å²) in [7, 11) is 0. The molecule has 5 heteroatoms. The fourth-order valence-corrected chi connectivity index (χ4v) is 4.37. The lowest BCUT2D eigenvalue weighted by atomic mass is 9.74. The van der Waals surface area contributed by atoms with Crippen LogP contribution in [0.1, 0.15) is 43.0 Å². The van der Waals surface area contributed by atoms with Crippen LogP contribution in [0, 0.1) is 0 Å². The number of aliphatic imine (C=N–C) groups is 1. The third-order valence-corrected chi connectivity index (χ3v) is 6.43. The third kappa shape index (κ3) is 5.33. The predicted molar refractivity (Wildman–Crippen MR) is 115 cm³/mol. The number of ether oxygens (including phenoxy) is 1. The van der Waals surface area contributed by atoms with Crippen LogP contribution in [-0.2, 0) is 10.2 Å². The molecule has 27 heavy (non-hydrogen) atoms. The number of hydrogen-bond donors (Lipinski definition) is 2. The normalized spacial score (nSPS) is 18.1. The molecule has 1 aliphatic rings. The van der Waals surface area contributed by atoms with E-state index in [0.717, 1.165) is 51.6 Å². The van der Waals surface area contributed by atoms with E-state index < -0.39 is 0 Å². The lowest BCUT2D eigenvalue weighted by Crippen LogP contribution is -2.42. The molecule has 1 atom stereocenters. The number of guanidine groups is 1. The van der Waals surface area contributed by atoms with E-state index in [2.05, 4.69) is 72.3 Å². The lowest BCUT2D eigenvalue weighted by Gasteiger charge is -2.36. The van der Waals surface area contributed by atoms with Crippen molar-refractivity contribution in [2.75, 3.05) is 32.8 Å². The van der Waals surface area contributed by atoms with Gasteiger partial charge in [-0.1, -0.05) is 43.3 Å². The quantitative estimate of drug-likeness (QED) is 0.556. The largest absolute Gasteiger partial charge is 0.381 e. The molecule has 0 spiro atoms. The first-order valence-electron chi connectivity index (χ1n) is 9.92. The Balaban J connectivity index is 1.69. The average Bonchev–Trinajstić information content (AvgIpc) is 3.26. The Morgan fingerprint density at radius 2 is 1.93 bits per heavy atom. The molecule has 4 nitrogen and oxygen atoms in total. The summed E-state index contributed by atoms with van der Waals surface area (Å²) < 4.78 is 5.64. The molecule has 3 rings (SSSR count). The minimum atomic E-state index is 0.0707. The summed E-state index contributed by atoms with van der Waals surface area (Å²) in [5.41, 5.74) is 1.45. The Labute approximate surface area is 167 Å². The lowest BCUT2D eigenvalue weighted by molar-refractivity contribution is 0.0531. The minimum absolute atomic E-state index is 0.0707. The summed E-state index contributed by atoms with van der Waals surface area (Å²) in [6, 6.07) is 15.1. The van der Waals surface area contributed by atoms with E-state index in [0.29, 0.717) is 5.92 Å². The number of nitrogens with one attached hydrogen (secondary N) is 2. The van der Waals surface area contributed by atoms with E-state index in [9.17, 15) is 0 Å². The van der Waals surface area contributed by atoms with E-state index in [1.165, 1.54) is 10.4 Å². The molecule has 146 valence electrons. The van der Waals surface area contributed by atoms with Gasteiger partial charge in [-0.15, -0.1) is 11.3 Å². The molecule has 2 N–H and O–H groups in total. The molecule has 1 fully saturated rings.